The van der Waals surface area contributed by atoms with Crippen LogP contribution in [0.4, 0.5) is 5.00 Å². The largest absolute Gasteiger partial charge is 0.365 e. The number of halogens is 1. The van der Waals surface area contributed by atoms with Gasteiger partial charge in [-0.15, -0.1) is 23.7 Å². The molecule has 1 aromatic heterocycles. The first-order chi connectivity index (χ1) is 13.1. The van der Waals surface area contributed by atoms with Crippen molar-refractivity contribution in [2.24, 2.45) is 5.73 Å². The van der Waals surface area contributed by atoms with Gasteiger partial charge < -0.3 is 11.1 Å². The lowest BCUT2D eigenvalue weighted by atomic mass is 9.87. The molecule has 2 heterocycles. The Morgan fingerprint density at radius 2 is 1.79 bits per heavy atom. The Labute approximate surface area is 183 Å². The van der Waals surface area contributed by atoms with Crippen molar-refractivity contribution in [3.8, 4) is 0 Å². The number of carbonyl (C=O) groups excluding carboxylic acids is 2. The number of benzene rings is 1. The summed E-state index contributed by atoms with van der Waals surface area (Å²) in [6.45, 7) is 12.4. The van der Waals surface area contributed by atoms with Gasteiger partial charge in [0.2, 0.25) is 0 Å². The number of anilines is 1. The van der Waals surface area contributed by atoms with E-state index >= 15 is 0 Å². The average molecular weight is 436 g/mol. The summed E-state index contributed by atoms with van der Waals surface area (Å²) in [5.41, 5.74) is 8.90. The maximum atomic E-state index is 12.8. The van der Waals surface area contributed by atoms with Crippen molar-refractivity contribution in [3.05, 3.63) is 51.4 Å². The highest BCUT2D eigenvalue weighted by Gasteiger charge is 2.28. The minimum atomic E-state index is -0.478. The third kappa shape index (κ3) is 5.00. The van der Waals surface area contributed by atoms with E-state index in [-0.39, 0.29) is 23.7 Å². The van der Waals surface area contributed by atoms with Gasteiger partial charge >= 0.3 is 0 Å². The number of nitrogens with two attached hydrogens (primary N) is 1. The summed E-state index contributed by atoms with van der Waals surface area (Å²) in [5, 5.41) is 3.49. The lowest BCUT2D eigenvalue weighted by Crippen LogP contribution is -2.35. The third-order valence-electron chi connectivity index (χ3n) is 5.30. The number of amides is 2. The van der Waals surface area contributed by atoms with Gasteiger partial charge in [-0.2, -0.15) is 0 Å². The molecule has 0 saturated carbocycles. The fraction of sp³-hybridized carbons (Fsp3) is 0.455. The number of carbonyl (C=O) groups is 2. The Morgan fingerprint density at radius 3 is 2.31 bits per heavy atom. The van der Waals surface area contributed by atoms with Crippen LogP contribution < -0.4 is 11.1 Å². The number of nitrogens with zero attached hydrogens (tertiary/aromatic N) is 1. The summed E-state index contributed by atoms with van der Waals surface area (Å²) in [4.78, 5) is 28.4. The molecular formula is C22H30ClN3O2S. The van der Waals surface area contributed by atoms with E-state index in [0.29, 0.717) is 22.2 Å². The molecule has 2 amide bonds. The first-order valence-corrected chi connectivity index (χ1v) is 10.5. The second kappa shape index (κ2) is 8.86. The molecule has 158 valence electrons. The van der Waals surface area contributed by atoms with Crippen molar-refractivity contribution in [3.63, 3.8) is 0 Å². The third-order valence-corrected chi connectivity index (χ3v) is 6.44. The predicted octanol–water partition coefficient (Wildman–Crippen LogP) is 4.59. The van der Waals surface area contributed by atoms with Crippen molar-refractivity contribution in [2.45, 2.75) is 59.0 Å². The Bertz CT molecular complexity index is 898. The Morgan fingerprint density at radius 1 is 1.17 bits per heavy atom. The van der Waals surface area contributed by atoms with E-state index in [4.69, 9.17) is 5.73 Å². The van der Waals surface area contributed by atoms with E-state index in [2.05, 4.69) is 44.8 Å². The maximum absolute atomic E-state index is 12.8. The van der Waals surface area contributed by atoms with Crippen LogP contribution in [-0.4, -0.2) is 29.3 Å². The minimum Gasteiger partial charge on any atom is -0.365 e. The van der Waals surface area contributed by atoms with Gasteiger partial charge in [0.25, 0.3) is 11.8 Å². The molecule has 0 radical (unpaired) electrons. The van der Waals surface area contributed by atoms with Gasteiger partial charge in [0, 0.05) is 29.6 Å². The number of hydrogen-bond acceptors (Lipinski definition) is 4. The number of rotatable bonds is 4. The lowest BCUT2D eigenvalue weighted by Gasteiger charge is -2.30. The van der Waals surface area contributed by atoms with Gasteiger partial charge in [-0.3, -0.25) is 14.5 Å². The second-order valence-corrected chi connectivity index (χ2v) is 9.77. The summed E-state index contributed by atoms with van der Waals surface area (Å²) in [6.07, 6.45) is 0.776. The molecule has 0 unspecified atom stereocenters. The predicted molar refractivity (Wildman–Crippen MR) is 122 cm³/mol. The highest BCUT2D eigenvalue weighted by atomic mass is 35.5. The van der Waals surface area contributed by atoms with E-state index in [9.17, 15) is 9.59 Å². The molecule has 0 aliphatic carbocycles. The van der Waals surface area contributed by atoms with Crippen LogP contribution in [0.1, 0.15) is 71.3 Å². The van der Waals surface area contributed by atoms with Gasteiger partial charge in [0.15, 0.2) is 0 Å². The fourth-order valence-corrected chi connectivity index (χ4v) is 4.78. The monoisotopic (exact) mass is 435 g/mol. The number of primary amides is 1. The molecule has 3 rings (SSSR count). The molecule has 0 atom stereocenters. The molecule has 1 aromatic carbocycles. The van der Waals surface area contributed by atoms with Crippen LogP contribution in [0.2, 0.25) is 0 Å². The number of hydrogen-bond donors (Lipinski definition) is 2. The highest BCUT2D eigenvalue weighted by Crippen LogP contribution is 2.37. The van der Waals surface area contributed by atoms with Crippen LogP contribution in [0, 0.1) is 0 Å². The summed E-state index contributed by atoms with van der Waals surface area (Å²) in [5.74, 6) is -0.698. The summed E-state index contributed by atoms with van der Waals surface area (Å²) in [6, 6.07) is 8.04. The Balaban J connectivity index is 0.00000300. The minimum absolute atomic E-state index is 0. The number of nitrogens with one attached hydrogen (secondary N) is 1. The molecule has 3 N–H and O–H groups in total. The van der Waals surface area contributed by atoms with E-state index in [0.717, 1.165) is 30.0 Å². The van der Waals surface area contributed by atoms with Gasteiger partial charge in [-0.05, 0) is 48.9 Å². The SMILES string of the molecule is CC(C)N1CCc2c(sc(NC(=O)c3ccc(C(C)(C)C)cc3)c2C(N)=O)C1.Cl. The smallest absolute Gasteiger partial charge is 0.256 e. The molecule has 0 saturated heterocycles. The number of thiophene rings is 1. The van der Waals surface area contributed by atoms with Crippen LogP contribution >= 0.6 is 23.7 Å². The standard InChI is InChI=1S/C22H29N3O2S.ClH/c1-13(2)25-11-10-16-17(12-25)28-21(18(16)19(23)26)24-20(27)14-6-8-15(9-7-14)22(3,4)5;/h6-9,13H,10-12H2,1-5H3,(H2,23,26)(H,24,27);1H. The molecule has 0 spiro atoms. The first kappa shape index (κ1) is 23.4. The zero-order valence-corrected chi connectivity index (χ0v) is 19.3. The van der Waals surface area contributed by atoms with Gasteiger partial charge in [0.1, 0.15) is 5.00 Å². The van der Waals surface area contributed by atoms with Crippen molar-refractivity contribution in [1.29, 1.82) is 0 Å². The quantitative estimate of drug-likeness (QED) is 0.737. The highest BCUT2D eigenvalue weighted by molar-refractivity contribution is 7.17. The van der Waals surface area contributed by atoms with Gasteiger partial charge in [-0.25, -0.2) is 0 Å². The first-order valence-electron chi connectivity index (χ1n) is 9.68. The van der Waals surface area contributed by atoms with Crippen molar-refractivity contribution >= 4 is 40.6 Å². The van der Waals surface area contributed by atoms with Crippen LogP contribution in [0.3, 0.4) is 0 Å². The summed E-state index contributed by atoms with van der Waals surface area (Å²) in [7, 11) is 0. The van der Waals surface area contributed by atoms with Crippen molar-refractivity contribution in [1.82, 2.24) is 4.90 Å². The Hall–Kier alpha value is -1.89. The zero-order chi connectivity index (χ0) is 20.6. The van der Waals surface area contributed by atoms with Crippen molar-refractivity contribution < 1.29 is 9.59 Å². The molecule has 1 aliphatic rings. The van der Waals surface area contributed by atoms with Crippen LogP contribution in [-0.2, 0) is 18.4 Å². The summed E-state index contributed by atoms with van der Waals surface area (Å²) < 4.78 is 0. The molecule has 2 aromatic rings. The summed E-state index contributed by atoms with van der Waals surface area (Å²) >= 11 is 1.47. The van der Waals surface area contributed by atoms with Crippen LogP contribution in [0.15, 0.2) is 24.3 Å². The molecule has 0 bridgehead atoms. The average Bonchev–Trinajstić information content (AvgIpc) is 2.98. The van der Waals surface area contributed by atoms with Gasteiger partial charge in [-0.1, -0.05) is 32.9 Å². The molecule has 5 nitrogen and oxygen atoms in total. The lowest BCUT2D eigenvalue weighted by molar-refractivity contribution is 0.0999. The topological polar surface area (TPSA) is 75.4 Å². The van der Waals surface area contributed by atoms with E-state index in [1.807, 2.05) is 24.3 Å². The van der Waals surface area contributed by atoms with Crippen LogP contribution in [0.25, 0.3) is 0 Å². The zero-order valence-electron chi connectivity index (χ0n) is 17.7. The molecule has 7 heteroatoms. The van der Waals surface area contributed by atoms with E-state index in [1.165, 1.54) is 16.9 Å². The maximum Gasteiger partial charge on any atom is 0.256 e. The molecule has 1 aliphatic heterocycles. The second-order valence-electron chi connectivity index (χ2n) is 8.67. The van der Waals surface area contributed by atoms with E-state index in [1.54, 1.807) is 0 Å². The van der Waals surface area contributed by atoms with E-state index < -0.39 is 5.91 Å². The normalized spacial score (nSPS) is 14.3. The number of fused-ring (bicyclic) bond motifs is 1. The fourth-order valence-electron chi connectivity index (χ4n) is 3.51. The molecule has 29 heavy (non-hydrogen) atoms. The molecule has 0 fully saturated rings. The van der Waals surface area contributed by atoms with Gasteiger partial charge in [0.05, 0.1) is 5.56 Å². The Kier molecular flexibility index (Phi) is 7.14. The van der Waals surface area contributed by atoms with Crippen molar-refractivity contribution in [2.75, 3.05) is 11.9 Å². The molecular weight excluding hydrogens is 406 g/mol. The van der Waals surface area contributed by atoms with Crippen LogP contribution in [0.5, 0.6) is 0 Å².